The van der Waals surface area contributed by atoms with Crippen molar-refractivity contribution in [1.82, 2.24) is 5.32 Å². The van der Waals surface area contributed by atoms with Gasteiger partial charge in [0.25, 0.3) is 0 Å². The highest BCUT2D eigenvalue weighted by Gasteiger charge is 2.56. The van der Waals surface area contributed by atoms with E-state index in [0.717, 1.165) is 51.6 Å². The molecule has 1 heterocycles. The maximum atomic E-state index is 13.9. The van der Waals surface area contributed by atoms with E-state index in [1.54, 1.807) is 31.4 Å². The lowest BCUT2D eigenvalue weighted by atomic mass is 9.67. The minimum absolute atomic E-state index is 0.307. The second kappa shape index (κ2) is 12.7. The Morgan fingerprint density at radius 3 is 2.26 bits per heavy atom. The van der Waals surface area contributed by atoms with Crippen LogP contribution < -0.4 is 10.1 Å². The number of sulfone groups is 1. The molecule has 1 saturated heterocycles. The quantitative estimate of drug-likeness (QED) is 0.392. The summed E-state index contributed by atoms with van der Waals surface area (Å²) in [4.78, 5) is 0.434. The molecule has 10 atom stereocenters. The summed E-state index contributed by atoms with van der Waals surface area (Å²) in [5, 5.41) is 14.3. The van der Waals surface area contributed by atoms with Crippen LogP contribution in [0, 0.1) is 52.8 Å². The molecule has 5 aliphatic rings. The van der Waals surface area contributed by atoms with E-state index in [4.69, 9.17) is 9.47 Å². The molecule has 6 rings (SSSR count). The van der Waals surface area contributed by atoms with Gasteiger partial charge in [0.2, 0.25) is 0 Å². The molecule has 1 aromatic carbocycles. The van der Waals surface area contributed by atoms with Gasteiger partial charge >= 0.3 is 0 Å². The molecule has 6 nitrogen and oxygen atoms in total. The molecule has 4 aliphatic carbocycles. The molecule has 1 aliphatic heterocycles. The molecule has 8 unspecified atom stereocenters. The van der Waals surface area contributed by atoms with E-state index in [1.165, 1.54) is 38.5 Å². The molecule has 0 radical (unpaired) electrons. The first kappa shape index (κ1) is 30.9. The molecule has 2 N–H and O–H groups in total. The van der Waals surface area contributed by atoms with Crippen molar-refractivity contribution >= 4 is 9.84 Å². The third kappa shape index (κ3) is 5.93. The molecule has 7 heteroatoms. The average molecular weight is 602 g/mol. The molecule has 5 fully saturated rings. The highest BCUT2D eigenvalue weighted by atomic mass is 32.2. The Bertz CT molecular complexity index is 1150. The number of ether oxygens (including phenoxy) is 2. The number of nitrogens with one attached hydrogen (secondary N) is 1. The van der Waals surface area contributed by atoms with E-state index in [-0.39, 0.29) is 5.25 Å². The zero-order chi connectivity index (χ0) is 29.5. The zero-order valence-corrected chi connectivity index (χ0v) is 27.0. The van der Waals surface area contributed by atoms with E-state index < -0.39 is 9.84 Å². The van der Waals surface area contributed by atoms with Crippen molar-refractivity contribution in [3.8, 4) is 5.75 Å². The Labute approximate surface area is 254 Å². The summed E-state index contributed by atoms with van der Waals surface area (Å²) >= 11 is 0. The smallest absolute Gasteiger partial charge is 0.181 e. The Morgan fingerprint density at radius 1 is 0.881 bits per heavy atom. The largest absolute Gasteiger partial charge is 0.497 e. The predicted molar refractivity (Wildman–Crippen MR) is 166 cm³/mol. The summed E-state index contributed by atoms with van der Waals surface area (Å²) in [5.74, 6) is 5.26. The van der Waals surface area contributed by atoms with Crippen molar-refractivity contribution in [1.29, 1.82) is 0 Å². The van der Waals surface area contributed by atoms with Crippen LogP contribution in [0.25, 0.3) is 0 Å². The topological polar surface area (TPSA) is 84.9 Å². The summed E-state index contributed by atoms with van der Waals surface area (Å²) in [6, 6.07) is 7.00. The number of piperidine rings is 1. The van der Waals surface area contributed by atoms with Crippen molar-refractivity contribution in [2.24, 2.45) is 52.8 Å². The molecule has 4 saturated carbocycles. The first-order valence-electron chi connectivity index (χ1n) is 17.0. The van der Waals surface area contributed by atoms with Gasteiger partial charge in [-0.25, -0.2) is 8.42 Å². The van der Waals surface area contributed by atoms with Gasteiger partial charge in [-0.2, -0.15) is 0 Å². The van der Waals surface area contributed by atoms with Crippen LogP contribution in [0.5, 0.6) is 5.75 Å². The Balaban J connectivity index is 1.30. The van der Waals surface area contributed by atoms with E-state index in [9.17, 15) is 13.5 Å². The van der Waals surface area contributed by atoms with E-state index in [2.05, 4.69) is 12.2 Å². The third-order valence-electron chi connectivity index (χ3n) is 13.0. The van der Waals surface area contributed by atoms with Gasteiger partial charge in [-0.3, -0.25) is 0 Å². The second-order valence-corrected chi connectivity index (χ2v) is 17.3. The van der Waals surface area contributed by atoms with E-state index in [0.29, 0.717) is 76.1 Å². The number of rotatable bonds is 7. The third-order valence-corrected chi connectivity index (χ3v) is 15.3. The fraction of sp³-hybridized carbons (Fsp3) is 0.829. The molecule has 0 aromatic heterocycles. The normalized spacial score (nSPS) is 40.2. The standard InChI is InChI=1S/C35H55NO5S/c1-35(14-16-36-17-15-35)21-25-18-23-4-8-28(42(38,39)29-9-5-26(40-2)6-10-29)11-13-30(23)34-31-12-7-27(41-3)19-24(31)20-32(34)33(25)22-37/h5-6,9-10,23-25,27-28,30-34,36-37H,4,7-8,11-22H2,1-3H3/t23?,24?,25?,27?,28?,30?,31?,32?,33-,34-/m0/s1. The molecule has 0 bridgehead atoms. The SMILES string of the molecule is COc1ccc(S(=O)(=O)C2CCC3CC(CC4(C)CCNCC4)[C@H](CO)C4CC5CC(OC)CCC5[C@@H]4C3CC2)cc1. The zero-order valence-electron chi connectivity index (χ0n) is 26.2. The van der Waals surface area contributed by atoms with Crippen LogP contribution in [-0.4, -0.2) is 58.8 Å². The van der Waals surface area contributed by atoms with Gasteiger partial charge in [0.1, 0.15) is 5.75 Å². The highest BCUT2D eigenvalue weighted by molar-refractivity contribution is 7.92. The average Bonchev–Trinajstić information content (AvgIpc) is 3.15. The van der Waals surface area contributed by atoms with Gasteiger partial charge in [-0.05, 0) is 167 Å². The summed E-state index contributed by atoms with van der Waals surface area (Å²) in [6.07, 6.45) is 13.5. The van der Waals surface area contributed by atoms with Crippen LogP contribution >= 0.6 is 0 Å². The van der Waals surface area contributed by atoms with Crippen molar-refractivity contribution in [2.45, 2.75) is 100 Å². The van der Waals surface area contributed by atoms with E-state index in [1.807, 2.05) is 7.11 Å². The fourth-order valence-corrected chi connectivity index (χ4v) is 12.7. The van der Waals surface area contributed by atoms with Gasteiger partial charge in [0, 0.05) is 13.7 Å². The Hall–Kier alpha value is -1.15. The van der Waals surface area contributed by atoms with Crippen molar-refractivity contribution in [3.63, 3.8) is 0 Å². The molecule has 0 spiro atoms. The molecule has 0 amide bonds. The lowest BCUT2D eigenvalue weighted by molar-refractivity contribution is 0.0180. The summed E-state index contributed by atoms with van der Waals surface area (Å²) in [5.41, 5.74) is 0.330. The fourth-order valence-electron chi connectivity index (χ4n) is 10.9. The van der Waals surface area contributed by atoms with Crippen LogP contribution in [-0.2, 0) is 14.6 Å². The number of hydrogen-bond acceptors (Lipinski definition) is 6. The number of aliphatic hydroxyl groups excluding tert-OH is 1. The van der Waals surface area contributed by atoms with Gasteiger partial charge in [-0.1, -0.05) is 6.92 Å². The number of hydrogen-bond donors (Lipinski definition) is 2. The summed E-state index contributed by atoms with van der Waals surface area (Å²) in [7, 11) is 0.0841. The molecule has 42 heavy (non-hydrogen) atoms. The second-order valence-electron chi connectivity index (χ2n) is 15.1. The van der Waals surface area contributed by atoms with Gasteiger partial charge < -0.3 is 19.9 Å². The van der Waals surface area contributed by atoms with Crippen LogP contribution in [0.15, 0.2) is 29.2 Å². The lowest BCUT2D eigenvalue weighted by Gasteiger charge is -2.41. The predicted octanol–water partition coefficient (Wildman–Crippen LogP) is 6.12. The van der Waals surface area contributed by atoms with Gasteiger partial charge in [0.05, 0.1) is 23.4 Å². The maximum Gasteiger partial charge on any atom is 0.181 e. The number of benzene rings is 1. The molecule has 236 valence electrons. The van der Waals surface area contributed by atoms with Crippen LogP contribution in [0.1, 0.15) is 84.0 Å². The highest BCUT2D eigenvalue weighted by Crippen LogP contribution is 2.62. The number of aliphatic hydroxyl groups is 1. The van der Waals surface area contributed by atoms with Crippen LogP contribution in [0.2, 0.25) is 0 Å². The number of fused-ring (bicyclic) bond motifs is 5. The number of methoxy groups -OCH3 is 2. The van der Waals surface area contributed by atoms with Crippen molar-refractivity contribution in [3.05, 3.63) is 24.3 Å². The Kier molecular flexibility index (Phi) is 9.32. The minimum atomic E-state index is -3.40. The summed E-state index contributed by atoms with van der Waals surface area (Å²) in [6.45, 7) is 4.99. The van der Waals surface area contributed by atoms with Gasteiger partial charge in [0.15, 0.2) is 9.84 Å². The Morgan fingerprint density at radius 2 is 1.57 bits per heavy atom. The monoisotopic (exact) mass is 601 g/mol. The van der Waals surface area contributed by atoms with Crippen LogP contribution in [0.3, 0.4) is 0 Å². The molecular weight excluding hydrogens is 546 g/mol. The minimum Gasteiger partial charge on any atom is -0.497 e. The lowest BCUT2D eigenvalue weighted by Crippen LogP contribution is -2.38. The van der Waals surface area contributed by atoms with Gasteiger partial charge in [-0.15, -0.1) is 0 Å². The molecular formula is C35H55NO5S. The first-order chi connectivity index (χ1) is 20.3. The van der Waals surface area contributed by atoms with Crippen LogP contribution in [0.4, 0.5) is 0 Å². The van der Waals surface area contributed by atoms with Crippen molar-refractivity contribution < 1.29 is 23.0 Å². The maximum absolute atomic E-state index is 13.9. The molecule has 1 aromatic rings. The first-order valence-corrected chi connectivity index (χ1v) is 18.5. The van der Waals surface area contributed by atoms with E-state index >= 15 is 0 Å². The summed E-state index contributed by atoms with van der Waals surface area (Å²) < 4.78 is 39.0. The van der Waals surface area contributed by atoms with Crippen molar-refractivity contribution in [2.75, 3.05) is 33.9 Å².